The summed E-state index contributed by atoms with van der Waals surface area (Å²) < 4.78 is 23.2. The molecule has 0 radical (unpaired) electrons. The zero-order valence-corrected chi connectivity index (χ0v) is 23.9. The van der Waals surface area contributed by atoms with Crippen molar-refractivity contribution < 1.29 is 33.6 Å². The molecule has 3 aromatic rings. The summed E-state index contributed by atoms with van der Waals surface area (Å²) in [7, 11) is 1.42. The van der Waals surface area contributed by atoms with E-state index < -0.39 is 30.3 Å². The molecule has 4 rings (SSSR count). The third-order valence-electron chi connectivity index (χ3n) is 7.17. The summed E-state index contributed by atoms with van der Waals surface area (Å²) in [6.07, 6.45) is 1.76. The lowest BCUT2D eigenvalue weighted by atomic mass is 9.87. The Morgan fingerprint density at radius 2 is 1.85 bits per heavy atom. The molecule has 0 saturated carbocycles. The highest BCUT2D eigenvalue weighted by Gasteiger charge is 2.36. The van der Waals surface area contributed by atoms with Gasteiger partial charge in [-0.2, -0.15) is 0 Å². The molecule has 1 unspecified atom stereocenters. The molecular formula is C32H38N2O7. The summed E-state index contributed by atoms with van der Waals surface area (Å²) in [5, 5.41) is 12.5. The average Bonchev–Trinajstić information content (AvgIpc) is 3.00. The SMILES string of the molecule is COc1ccnc(C(=O)N[C@H]2CCC[C@H](Oc3ccc(C)cc3)[C@@H](Cc3ccccc3)[C@H](C)OC2=O)c1OC(C)O. The molecule has 0 aliphatic carbocycles. The van der Waals surface area contributed by atoms with Gasteiger partial charge in [0.05, 0.1) is 7.11 Å². The Morgan fingerprint density at radius 1 is 1.12 bits per heavy atom. The molecule has 218 valence electrons. The number of aromatic nitrogens is 1. The number of esters is 1. The van der Waals surface area contributed by atoms with Crippen molar-refractivity contribution >= 4 is 11.9 Å². The third kappa shape index (κ3) is 7.98. The first-order valence-electron chi connectivity index (χ1n) is 13.9. The van der Waals surface area contributed by atoms with E-state index in [0.29, 0.717) is 25.7 Å². The largest absolute Gasteiger partial charge is 0.493 e. The summed E-state index contributed by atoms with van der Waals surface area (Å²) in [4.78, 5) is 30.8. The summed E-state index contributed by atoms with van der Waals surface area (Å²) >= 11 is 0. The third-order valence-corrected chi connectivity index (χ3v) is 7.17. The molecule has 0 bridgehead atoms. The molecule has 1 amide bonds. The molecule has 1 fully saturated rings. The fourth-order valence-electron chi connectivity index (χ4n) is 5.03. The first kappa shape index (κ1) is 29.9. The Balaban J connectivity index is 1.56. The van der Waals surface area contributed by atoms with Gasteiger partial charge in [0.1, 0.15) is 24.0 Å². The van der Waals surface area contributed by atoms with Gasteiger partial charge in [-0.1, -0.05) is 48.0 Å². The molecule has 9 nitrogen and oxygen atoms in total. The van der Waals surface area contributed by atoms with Crippen LogP contribution in [0.15, 0.2) is 66.9 Å². The van der Waals surface area contributed by atoms with Crippen molar-refractivity contribution in [2.45, 2.75) is 71.0 Å². The second-order valence-corrected chi connectivity index (χ2v) is 10.3. The number of nitrogens with zero attached hydrogens (tertiary/aromatic N) is 1. The molecule has 2 aromatic carbocycles. The fraction of sp³-hybridized carbons (Fsp3) is 0.406. The molecule has 9 heteroatoms. The van der Waals surface area contributed by atoms with Gasteiger partial charge in [0.2, 0.25) is 0 Å². The van der Waals surface area contributed by atoms with E-state index in [1.807, 2.05) is 56.3 Å². The van der Waals surface area contributed by atoms with Crippen LogP contribution < -0.4 is 19.5 Å². The second-order valence-electron chi connectivity index (χ2n) is 10.3. The van der Waals surface area contributed by atoms with Crippen LogP contribution in [-0.4, -0.2) is 53.6 Å². The van der Waals surface area contributed by atoms with Crippen LogP contribution in [0.1, 0.15) is 54.7 Å². The second kappa shape index (κ2) is 14.0. The molecule has 1 aliphatic heterocycles. The number of pyridine rings is 1. The maximum absolute atomic E-state index is 13.4. The van der Waals surface area contributed by atoms with E-state index in [1.165, 1.54) is 26.3 Å². The number of nitrogens with one attached hydrogen (secondary N) is 1. The van der Waals surface area contributed by atoms with E-state index in [-0.39, 0.29) is 29.2 Å². The minimum Gasteiger partial charge on any atom is -0.493 e. The number of aliphatic hydroxyl groups is 1. The first-order chi connectivity index (χ1) is 19.7. The van der Waals surface area contributed by atoms with Crippen molar-refractivity contribution in [2.24, 2.45) is 5.92 Å². The minimum atomic E-state index is -1.21. The van der Waals surface area contributed by atoms with E-state index in [1.54, 1.807) is 0 Å². The molecule has 1 aliphatic rings. The van der Waals surface area contributed by atoms with Crippen molar-refractivity contribution in [3.8, 4) is 17.2 Å². The van der Waals surface area contributed by atoms with Crippen molar-refractivity contribution in [3.63, 3.8) is 0 Å². The molecule has 0 spiro atoms. The van der Waals surface area contributed by atoms with E-state index in [0.717, 1.165) is 16.9 Å². The van der Waals surface area contributed by atoms with Crippen LogP contribution in [0.4, 0.5) is 0 Å². The Bertz CT molecular complexity index is 1300. The van der Waals surface area contributed by atoms with Gasteiger partial charge in [0.25, 0.3) is 5.91 Å². The Hall–Kier alpha value is -4.11. The number of aliphatic hydroxyl groups excluding tert-OH is 1. The van der Waals surface area contributed by atoms with Crippen molar-refractivity contribution in [1.82, 2.24) is 10.3 Å². The Morgan fingerprint density at radius 3 is 2.54 bits per heavy atom. The molecule has 2 heterocycles. The normalized spacial score (nSPS) is 21.8. The van der Waals surface area contributed by atoms with Crippen LogP contribution in [-0.2, 0) is 16.0 Å². The van der Waals surface area contributed by atoms with E-state index in [9.17, 15) is 14.7 Å². The number of aryl methyl sites for hydroxylation is 1. The smallest absolute Gasteiger partial charge is 0.328 e. The van der Waals surface area contributed by atoms with Crippen LogP contribution in [0.3, 0.4) is 0 Å². The van der Waals surface area contributed by atoms with E-state index in [2.05, 4.69) is 22.4 Å². The van der Waals surface area contributed by atoms with Gasteiger partial charge in [0.15, 0.2) is 23.5 Å². The maximum atomic E-state index is 13.4. The van der Waals surface area contributed by atoms with E-state index in [4.69, 9.17) is 18.9 Å². The van der Waals surface area contributed by atoms with Gasteiger partial charge < -0.3 is 29.4 Å². The molecule has 5 atom stereocenters. The minimum absolute atomic E-state index is 0.0122. The zero-order valence-electron chi connectivity index (χ0n) is 23.9. The van der Waals surface area contributed by atoms with Crippen molar-refractivity contribution in [3.05, 3.63) is 83.7 Å². The summed E-state index contributed by atoms with van der Waals surface area (Å²) in [5.74, 6) is -0.305. The topological polar surface area (TPSA) is 116 Å². The summed E-state index contributed by atoms with van der Waals surface area (Å²) in [6.45, 7) is 5.31. The first-order valence-corrected chi connectivity index (χ1v) is 13.9. The highest BCUT2D eigenvalue weighted by Crippen LogP contribution is 2.32. The van der Waals surface area contributed by atoms with Crippen LogP contribution in [0.25, 0.3) is 0 Å². The molecule has 2 N–H and O–H groups in total. The fourth-order valence-corrected chi connectivity index (χ4v) is 5.03. The van der Waals surface area contributed by atoms with Crippen molar-refractivity contribution in [1.29, 1.82) is 0 Å². The van der Waals surface area contributed by atoms with E-state index >= 15 is 0 Å². The van der Waals surface area contributed by atoms with Gasteiger partial charge in [-0.05, 0) is 64.2 Å². The highest BCUT2D eigenvalue weighted by atomic mass is 16.6. The van der Waals surface area contributed by atoms with Gasteiger partial charge in [-0.25, -0.2) is 9.78 Å². The number of hydrogen-bond acceptors (Lipinski definition) is 8. The number of ether oxygens (including phenoxy) is 4. The van der Waals surface area contributed by atoms with Crippen LogP contribution in [0, 0.1) is 12.8 Å². The number of amides is 1. The van der Waals surface area contributed by atoms with Crippen molar-refractivity contribution in [2.75, 3.05) is 7.11 Å². The standard InChI is InChI=1S/C32H38N2O7/c1-20-13-15-24(16-14-20)41-27-12-8-11-26(32(37)39-21(2)25(27)19-23-9-6-5-7-10-23)34-31(36)29-30(40-22(3)35)28(38-4)17-18-33-29/h5-7,9-10,13-18,21-22,25-27,35H,8,11-12,19H2,1-4H3,(H,34,36)/t21-,22?,25-,26-,27-/m0/s1. The molecule has 41 heavy (non-hydrogen) atoms. The number of carbonyl (C=O) groups excluding carboxylic acids is 2. The number of hydrogen-bond donors (Lipinski definition) is 2. The van der Waals surface area contributed by atoms with Crippen LogP contribution in [0.5, 0.6) is 17.2 Å². The van der Waals surface area contributed by atoms with Crippen LogP contribution in [0.2, 0.25) is 0 Å². The molecular weight excluding hydrogens is 524 g/mol. The van der Waals surface area contributed by atoms with Crippen LogP contribution >= 0.6 is 0 Å². The molecule has 1 aromatic heterocycles. The predicted octanol–water partition coefficient (Wildman–Crippen LogP) is 4.64. The van der Waals surface area contributed by atoms with Gasteiger partial charge in [-0.15, -0.1) is 0 Å². The van der Waals surface area contributed by atoms with Gasteiger partial charge in [-0.3, -0.25) is 4.79 Å². The van der Waals surface area contributed by atoms with Gasteiger partial charge in [0, 0.05) is 18.2 Å². The lowest BCUT2D eigenvalue weighted by Gasteiger charge is -2.31. The monoisotopic (exact) mass is 562 g/mol. The number of benzene rings is 2. The number of cyclic esters (lactones) is 1. The maximum Gasteiger partial charge on any atom is 0.328 e. The number of carbonyl (C=O) groups is 2. The quantitative estimate of drug-likeness (QED) is 0.286. The lowest BCUT2D eigenvalue weighted by Crippen LogP contribution is -2.44. The number of methoxy groups -OCH3 is 1. The summed E-state index contributed by atoms with van der Waals surface area (Å²) in [6, 6.07) is 18.6. The predicted molar refractivity (Wildman–Crippen MR) is 153 cm³/mol. The average molecular weight is 563 g/mol. The Kier molecular flexibility index (Phi) is 10.2. The lowest BCUT2D eigenvalue weighted by molar-refractivity contribution is -0.154. The summed E-state index contributed by atoms with van der Waals surface area (Å²) in [5.41, 5.74) is 2.16. The number of rotatable bonds is 9. The highest BCUT2D eigenvalue weighted by molar-refractivity contribution is 5.98. The molecule has 1 saturated heterocycles. The Labute approximate surface area is 240 Å². The zero-order chi connectivity index (χ0) is 29.4. The van der Waals surface area contributed by atoms with Gasteiger partial charge >= 0.3 is 5.97 Å².